The van der Waals surface area contributed by atoms with Gasteiger partial charge in [0.2, 0.25) is 0 Å². The van der Waals surface area contributed by atoms with Gasteiger partial charge >= 0.3 is 6.18 Å². The van der Waals surface area contributed by atoms with Gasteiger partial charge in [0.05, 0.1) is 35.3 Å². The van der Waals surface area contributed by atoms with Crippen molar-refractivity contribution in [3.05, 3.63) is 52.1 Å². The third-order valence-corrected chi connectivity index (χ3v) is 8.07. The Morgan fingerprint density at radius 3 is 2.54 bits per heavy atom. The second-order valence-electron chi connectivity index (χ2n) is 9.26. The number of piperazine rings is 1. The summed E-state index contributed by atoms with van der Waals surface area (Å²) in [4.78, 5) is 17.0. The van der Waals surface area contributed by atoms with Crippen molar-refractivity contribution in [2.75, 3.05) is 23.7 Å². The highest BCUT2D eigenvalue weighted by atomic mass is 32.2. The van der Waals surface area contributed by atoms with Crippen LogP contribution in [0.25, 0.3) is 10.9 Å². The number of alkyl halides is 3. The number of rotatable bonds is 6. The quantitative estimate of drug-likeness (QED) is 0.470. The maximum absolute atomic E-state index is 12.9. The molecule has 0 saturated carbocycles. The third kappa shape index (κ3) is 5.33. The normalized spacial score (nSPS) is 19.3. The molecule has 0 N–H and O–H groups in total. The minimum absolute atomic E-state index is 0.0701. The maximum atomic E-state index is 12.9. The molecule has 1 fully saturated rings. The molecular weight excluding hydrogens is 511 g/mol. The van der Waals surface area contributed by atoms with Crippen LogP contribution >= 0.6 is 0 Å². The average Bonchev–Trinajstić information content (AvgIpc) is 3.31. The summed E-state index contributed by atoms with van der Waals surface area (Å²) in [6.45, 7) is 5.13. The van der Waals surface area contributed by atoms with E-state index in [1.807, 2.05) is 47.9 Å². The number of para-hydroxylation sites is 1. The van der Waals surface area contributed by atoms with Crippen molar-refractivity contribution >= 4 is 26.6 Å². The molecule has 3 aromatic rings. The molecule has 0 bridgehead atoms. The van der Waals surface area contributed by atoms with Crippen molar-refractivity contribution in [1.82, 2.24) is 23.9 Å². The van der Waals surface area contributed by atoms with Crippen LogP contribution in [0, 0.1) is 11.3 Å². The number of benzene rings is 1. The van der Waals surface area contributed by atoms with Crippen LogP contribution in [0.2, 0.25) is 0 Å². The van der Waals surface area contributed by atoms with Gasteiger partial charge in [-0.3, -0.25) is 9.69 Å². The summed E-state index contributed by atoms with van der Waals surface area (Å²) in [6, 6.07) is 9.27. The van der Waals surface area contributed by atoms with Gasteiger partial charge in [-0.2, -0.15) is 18.4 Å². The molecule has 198 valence electrons. The van der Waals surface area contributed by atoms with E-state index in [2.05, 4.69) is 16.4 Å². The van der Waals surface area contributed by atoms with Gasteiger partial charge in [0.15, 0.2) is 0 Å². The SMILES string of the molecule is C[C@@H]1CN(c2c(C#N)c(=O)n(C)c3ccccc23)[C@@H](C)CN1Cc1cn(S(=O)(=O)CCC(F)(F)F)nn1. The number of aromatic nitrogens is 4. The van der Waals surface area contributed by atoms with E-state index in [4.69, 9.17) is 0 Å². The Bertz CT molecular complexity index is 1530. The van der Waals surface area contributed by atoms with Crippen molar-refractivity contribution in [3.8, 4) is 6.07 Å². The first-order chi connectivity index (χ1) is 17.3. The smallest absolute Gasteiger partial charge is 0.364 e. The first kappa shape index (κ1) is 26.6. The number of pyridine rings is 1. The highest BCUT2D eigenvalue weighted by molar-refractivity contribution is 7.89. The Balaban J connectivity index is 1.56. The summed E-state index contributed by atoms with van der Waals surface area (Å²) < 4.78 is 63.8. The Labute approximate surface area is 211 Å². The second kappa shape index (κ2) is 9.79. The zero-order chi connectivity index (χ0) is 27.1. The minimum atomic E-state index is -4.60. The first-order valence-electron chi connectivity index (χ1n) is 11.6. The van der Waals surface area contributed by atoms with Gasteiger partial charge in [-0.15, -0.1) is 9.19 Å². The molecule has 0 radical (unpaired) electrons. The van der Waals surface area contributed by atoms with Crippen LogP contribution < -0.4 is 10.5 Å². The summed E-state index contributed by atoms with van der Waals surface area (Å²) in [7, 11) is -2.65. The predicted molar refractivity (Wildman–Crippen MR) is 130 cm³/mol. The van der Waals surface area contributed by atoms with E-state index in [0.717, 1.165) is 11.6 Å². The van der Waals surface area contributed by atoms with E-state index in [-0.39, 0.29) is 29.8 Å². The Hall–Kier alpha value is -3.44. The molecule has 4 rings (SSSR count). The monoisotopic (exact) mass is 537 g/mol. The molecule has 37 heavy (non-hydrogen) atoms. The Kier molecular flexibility index (Phi) is 7.04. The lowest BCUT2D eigenvalue weighted by molar-refractivity contribution is -0.130. The van der Waals surface area contributed by atoms with E-state index in [1.165, 1.54) is 4.57 Å². The number of nitrogens with zero attached hydrogens (tertiary/aromatic N) is 7. The van der Waals surface area contributed by atoms with Crippen molar-refractivity contribution in [3.63, 3.8) is 0 Å². The molecule has 14 heteroatoms. The Morgan fingerprint density at radius 2 is 1.86 bits per heavy atom. The number of nitriles is 1. The fraction of sp³-hybridized carbons (Fsp3) is 0.478. The zero-order valence-corrected chi connectivity index (χ0v) is 21.3. The highest BCUT2D eigenvalue weighted by Crippen LogP contribution is 2.32. The predicted octanol–water partition coefficient (Wildman–Crippen LogP) is 2.23. The van der Waals surface area contributed by atoms with Gasteiger partial charge < -0.3 is 9.47 Å². The van der Waals surface area contributed by atoms with Crippen molar-refractivity contribution in [1.29, 1.82) is 5.26 Å². The number of halogens is 3. The summed E-state index contributed by atoms with van der Waals surface area (Å²) in [5.74, 6) is -1.11. The number of fused-ring (bicyclic) bond motifs is 1. The van der Waals surface area contributed by atoms with Crippen molar-refractivity contribution < 1.29 is 21.6 Å². The largest absolute Gasteiger partial charge is 0.390 e. The molecule has 3 heterocycles. The lowest BCUT2D eigenvalue weighted by Crippen LogP contribution is -2.56. The molecule has 10 nitrogen and oxygen atoms in total. The standard InChI is InChI=1S/C23H26F3N7O3S/c1-15-12-32(21-18-6-4-5-7-20(18)30(3)22(34)19(21)10-27)16(2)11-31(15)13-17-14-33(29-28-17)37(35,36)9-8-23(24,25)26/h4-7,14-16H,8-9,11-13H2,1-3H3/t15-,16+/m1/s1. The van der Waals surface area contributed by atoms with Crippen LogP contribution in [-0.4, -0.2) is 69.4 Å². The van der Waals surface area contributed by atoms with Crippen LogP contribution in [0.1, 0.15) is 31.5 Å². The molecule has 0 amide bonds. The van der Waals surface area contributed by atoms with Gasteiger partial charge in [0.1, 0.15) is 11.6 Å². The molecule has 1 aliphatic rings. The van der Waals surface area contributed by atoms with Gasteiger partial charge in [-0.1, -0.05) is 23.4 Å². The van der Waals surface area contributed by atoms with Gasteiger partial charge in [-0.25, -0.2) is 8.42 Å². The van der Waals surface area contributed by atoms with Crippen LogP contribution in [0.5, 0.6) is 0 Å². The number of hydrogen-bond donors (Lipinski definition) is 0. The van der Waals surface area contributed by atoms with Crippen molar-refractivity contribution in [2.45, 2.75) is 45.1 Å². The van der Waals surface area contributed by atoms with Gasteiger partial charge in [0, 0.05) is 44.2 Å². The van der Waals surface area contributed by atoms with Crippen LogP contribution in [0.15, 0.2) is 35.3 Å². The van der Waals surface area contributed by atoms with Gasteiger partial charge in [0.25, 0.3) is 15.6 Å². The lowest BCUT2D eigenvalue weighted by Gasteiger charge is -2.45. The average molecular weight is 538 g/mol. The number of aryl methyl sites for hydroxylation is 1. The van der Waals surface area contributed by atoms with E-state index >= 15 is 0 Å². The van der Waals surface area contributed by atoms with Gasteiger partial charge in [-0.05, 0) is 19.9 Å². The van der Waals surface area contributed by atoms with E-state index < -0.39 is 28.4 Å². The van der Waals surface area contributed by atoms with Crippen LogP contribution in [0.4, 0.5) is 18.9 Å². The van der Waals surface area contributed by atoms with Crippen LogP contribution in [-0.2, 0) is 23.6 Å². The molecule has 1 aromatic carbocycles. The lowest BCUT2D eigenvalue weighted by atomic mass is 10.0. The van der Waals surface area contributed by atoms with Crippen LogP contribution in [0.3, 0.4) is 0 Å². The highest BCUT2D eigenvalue weighted by Gasteiger charge is 2.34. The summed E-state index contributed by atoms with van der Waals surface area (Å²) in [6.07, 6.45) is -4.93. The topological polar surface area (TPSA) is 117 Å². The fourth-order valence-corrected chi connectivity index (χ4v) is 5.75. The molecule has 1 saturated heterocycles. The summed E-state index contributed by atoms with van der Waals surface area (Å²) in [5, 5.41) is 18.0. The first-order valence-corrected chi connectivity index (χ1v) is 13.2. The molecule has 2 aromatic heterocycles. The zero-order valence-electron chi connectivity index (χ0n) is 20.5. The van der Waals surface area contributed by atoms with Crippen molar-refractivity contribution in [2.24, 2.45) is 7.05 Å². The fourth-order valence-electron chi connectivity index (χ4n) is 4.64. The molecule has 2 atom stereocenters. The van der Waals surface area contributed by atoms with E-state index in [9.17, 15) is 31.6 Å². The molecular formula is C23H26F3N7O3S. The Morgan fingerprint density at radius 1 is 1.16 bits per heavy atom. The molecule has 0 aliphatic carbocycles. The summed E-state index contributed by atoms with van der Waals surface area (Å²) in [5.41, 5.74) is 1.30. The van der Waals surface area contributed by atoms with E-state index in [1.54, 1.807) is 7.05 Å². The molecule has 1 aliphatic heterocycles. The molecule has 0 unspecified atom stereocenters. The number of anilines is 1. The van der Waals surface area contributed by atoms with E-state index in [0.29, 0.717) is 34.1 Å². The second-order valence-corrected chi connectivity index (χ2v) is 11.2. The minimum Gasteiger partial charge on any atom is -0.364 e. The molecule has 0 spiro atoms. The third-order valence-electron chi connectivity index (χ3n) is 6.60. The maximum Gasteiger partial charge on any atom is 0.390 e. The summed E-state index contributed by atoms with van der Waals surface area (Å²) >= 11 is 0. The number of hydrogen-bond acceptors (Lipinski definition) is 8.